The van der Waals surface area contributed by atoms with Gasteiger partial charge in [-0.3, -0.25) is 4.68 Å². The molecule has 0 aliphatic heterocycles. The zero-order valence-corrected chi connectivity index (χ0v) is 11.9. The Hall–Kier alpha value is -1.36. The van der Waals surface area contributed by atoms with E-state index in [0.717, 1.165) is 12.1 Å². The van der Waals surface area contributed by atoms with E-state index in [-0.39, 0.29) is 5.82 Å². The van der Waals surface area contributed by atoms with Crippen molar-refractivity contribution in [2.75, 3.05) is 5.73 Å². The zero-order chi connectivity index (χ0) is 13.3. The fourth-order valence-electron chi connectivity index (χ4n) is 1.77. The number of anilines is 1. The lowest BCUT2D eigenvalue weighted by molar-refractivity contribution is 0.484. The van der Waals surface area contributed by atoms with Crippen LogP contribution >= 0.6 is 15.9 Å². The Morgan fingerprint density at radius 2 is 2.17 bits per heavy atom. The zero-order valence-electron chi connectivity index (χ0n) is 10.3. The van der Waals surface area contributed by atoms with Gasteiger partial charge in [-0.2, -0.15) is 5.10 Å². The Kier molecular flexibility index (Phi) is 3.71. The van der Waals surface area contributed by atoms with Crippen molar-refractivity contribution < 1.29 is 4.39 Å². The van der Waals surface area contributed by atoms with Crippen LogP contribution in [0.1, 0.15) is 13.8 Å². The third-order valence-corrected chi connectivity index (χ3v) is 3.14. The molecule has 2 N–H and O–H groups in total. The smallest absolute Gasteiger partial charge is 0.137 e. The van der Waals surface area contributed by atoms with Crippen LogP contribution in [0.15, 0.2) is 28.9 Å². The molecule has 0 bridgehead atoms. The van der Waals surface area contributed by atoms with Crippen LogP contribution in [0.25, 0.3) is 11.3 Å². The lowest BCUT2D eigenvalue weighted by atomic mass is 10.1. The van der Waals surface area contributed by atoms with E-state index >= 15 is 0 Å². The molecule has 0 spiro atoms. The largest absolute Gasteiger partial charge is 0.396 e. The first kappa shape index (κ1) is 13.1. The van der Waals surface area contributed by atoms with Gasteiger partial charge in [-0.15, -0.1) is 0 Å². The van der Waals surface area contributed by atoms with Crippen molar-refractivity contribution in [3.05, 3.63) is 34.7 Å². The standard InChI is InChI=1S/C13H15BrFN3/c1-8(2)6-18-7-12(16)13(17-18)9-3-4-11(15)10(14)5-9/h3-5,7-8H,6,16H2,1-2H3. The molecule has 96 valence electrons. The molecule has 0 atom stereocenters. The number of benzene rings is 1. The fourth-order valence-corrected chi connectivity index (χ4v) is 2.15. The summed E-state index contributed by atoms with van der Waals surface area (Å²) in [6.45, 7) is 5.05. The quantitative estimate of drug-likeness (QED) is 0.939. The van der Waals surface area contributed by atoms with Gasteiger partial charge < -0.3 is 5.73 Å². The highest BCUT2D eigenvalue weighted by atomic mass is 79.9. The Morgan fingerprint density at radius 3 is 2.78 bits per heavy atom. The van der Waals surface area contributed by atoms with Gasteiger partial charge in [0.15, 0.2) is 0 Å². The van der Waals surface area contributed by atoms with Gasteiger partial charge in [-0.25, -0.2) is 4.39 Å². The number of aromatic nitrogens is 2. The van der Waals surface area contributed by atoms with E-state index in [0.29, 0.717) is 21.8 Å². The molecular formula is C13H15BrFN3. The molecule has 5 heteroatoms. The maximum absolute atomic E-state index is 13.2. The van der Waals surface area contributed by atoms with Gasteiger partial charge in [-0.05, 0) is 40.0 Å². The molecule has 18 heavy (non-hydrogen) atoms. The van der Waals surface area contributed by atoms with Crippen molar-refractivity contribution in [3.8, 4) is 11.3 Å². The van der Waals surface area contributed by atoms with Gasteiger partial charge in [-0.1, -0.05) is 13.8 Å². The molecule has 0 radical (unpaired) electrons. The molecule has 1 aromatic heterocycles. The first-order valence-electron chi connectivity index (χ1n) is 5.75. The monoisotopic (exact) mass is 311 g/mol. The number of nitrogens with two attached hydrogens (primary N) is 1. The van der Waals surface area contributed by atoms with Gasteiger partial charge in [0.25, 0.3) is 0 Å². The molecular weight excluding hydrogens is 297 g/mol. The number of rotatable bonds is 3. The van der Waals surface area contributed by atoms with Gasteiger partial charge in [0.1, 0.15) is 11.5 Å². The molecule has 0 fully saturated rings. The Bertz CT molecular complexity index is 563. The van der Waals surface area contributed by atoms with Gasteiger partial charge in [0.05, 0.1) is 10.2 Å². The lowest BCUT2D eigenvalue weighted by Gasteiger charge is -2.04. The van der Waals surface area contributed by atoms with Crippen molar-refractivity contribution in [1.82, 2.24) is 9.78 Å². The molecule has 1 aromatic carbocycles. The second-order valence-corrected chi connectivity index (χ2v) is 5.53. The van der Waals surface area contributed by atoms with Crippen molar-refractivity contribution in [2.24, 2.45) is 5.92 Å². The van der Waals surface area contributed by atoms with E-state index in [9.17, 15) is 4.39 Å². The highest BCUT2D eigenvalue weighted by molar-refractivity contribution is 9.10. The highest BCUT2D eigenvalue weighted by Gasteiger charge is 2.11. The normalized spacial score (nSPS) is 11.2. The second-order valence-electron chi connectivity index (χ2n) is 4.68. The van der Waals surface area contributed by atoms with Crippen LogP contribution in [0.3, 0.4) is 0 Å². The first-order chi connectivity index (χ1) is 8.47. The van der Waals surface area contributed by atoms with E-state index in [1.54, 1.807) is 12.1 Å². The number of hydrogen-bond donors (Lipinski definition) is 1. The highest BCUT2D eigenvalue weighted by Crippen LogP contribution is 2.28. The average molecular weight is 312 g/mol. The number of hydrogen-bond acceptors (Lipinski definition) is 2. The summed E-state index contributed by atoms with van der Waals surface area (Å²) < 4.78 is 15.4. The molecule has 0 aliphatic rings. The molecule has 2 rings (SSSR count). The molecule has 0 unspecified atom stereocenters. The molecule has 0 saturated heterocycles. The van der Waals surface area contributed by atoms with Crippen LogP contribution in [0.5, 0.6) is 0 Å². The number of halogens is 2. The summed E-state index contributed by atoms with van der Waals surface area (Å²) in [4.78, 5) is 0. The topological polar surface area (TPSA) is 43.8 Å². The van der Waals surface area contributed by atoms with E-state index in [4.69, 9.17) is 5.73 Å². The van der Waals surface area contributed by atoms with Crippen molar-refractivity contribution in [3.63, 3.8) is 0 Å². The average Bonchev–Trinajstić information content (AvgIpc) is 2.62. The van der Waals surface area contributed by atoms with Gasteiger partial charge in [0.2, 0.25) is 0 Å². The lowest BCUT2D eigenvalue weighted by Crippen LogP contribution is -2.04. The van der Waals surface area contributed by atoms with Crippen molar-refractivity contribution in [2.45, 2.75) is 20.4 Å². The Labute approximate surface area is 114 Å². The van der Waals surface area contributed by atoms with Gasteiger partial charge in [0, 0.05) is 18.3 Å². The second kappa shape index (κ2) is 5.10. The minimum atomic E-state index is -0.293. The van der Waals surface area contributed by atoms with Crippen LogP contribution in [0.4, 0.5) is 10.1 Å². The predicted molar refractivity (Wildman–Crippen MR) is 74.6 cm³/mol. The number of nitrogen functional groups attached to an aromatic ring is 1. The predicted octanol–water partition coefficient (Wildman–Crippen LogP) is 3.69. The molecule has 0 saturated carbocycles. The summed E-state index contributed by atoms with van der Waals surface area (Å²) >= 11 is 3.16. The van der Waals surface area contributed by atoms with E-state index < -0.39 is 0 Å². The van der Waals surface area contributed by atoms with E-state index in [2.05, 4.69) is 34.9 Å². The molecule has 3 nitrogen and oxygen atoms in total. The fraction of sp³-hybridized carbons (Fsp3) is 0.308. The minimum absolute atomic E-state index is 0.293. The summed E-state index contributed by atoms with van der Waals surface area (Å²) in [6, 6.07) is 4.77. The van der Waals surface area contributed by atoms with Crippen LogP contribution in [-0.4, -0.2) is 9.78 Å². The summed E-state index contributed by atoms with van der Waals surface area (Å²) in [6.07, 6.45) is 1.81. The van der Waals surface area contributed by atoms with Crippen LogP contribution in [-0.2, 0) is 6.54 Å². The number of nitrogens with zero attached hydrogens (tertiary/aromatic N) is 2. The maximum Gasteiger partial charge on any atom is 0.137 e. The van der Waals surface area contributed by atoms with Crippen molar-refractivity contribution >= 4 is 21.6 Å². The molecule has 0 amide bonds. The Morgan fingerprint density at radius 1 is 1.44 bits per heavy atom. The summed E-state index contributed by atoms with van der Waals surface area (Å²) in [5, 5.41) is 4.44. The third-order valence-electron chi connectivity index (χ3n) is 2.54. The summed E-state index contributed by atoms with van der Waals surface area (Å²) in [5.74, 6) is 0.205. The van der Waals surface area contributed by atoms with Gasteiger partial charge >= 0.3 is 0 Å². The minimum Gasteiger partial charge on any atom is -0.396 e. The molecule has 0 aliphatic carbocycles. The van der Waals surface area contributed by atoms with Crippen molar-refractivity contribution in [1.29, 1.82) is 0 Å². The van der Waals surface area contributed by atoms with E-state index in [1.165, 1.54) is 6.07 Å². The van der Waals surface area contributed by atoms with Crippen LogP contribution in [0, 0.1) is 11.7 Å². The summed E-state index contributed by atoms with van der Waals surface area (Å²) in [7, 11) is 0. The summed E-state index contributed by atoms with van der Waals surface area (Å²) in [5.41, 5.74) is 8.05. The van der Waals surface area contributed by atoms with Crippen LogP contribution in [0.2, 0.25) is 0 Å². The first-order valence-corrected chi connectivity index (χ1v) is 6.55. The van der Waals surface area contributed by atoms with Crippen LogP contribution < -0.4 is 5.73 Å². The third kappa shape index (κ3) is 2.72. The van der Waals surface area contributed by atoms with E-state index in [1.807, 2.05) is 10.9 Å². The molecule has 2 aromatic rings. The maximum atomic E-state index is 13.2. The Balaban J connectivity index is 2.38. The SMILES string of the molecule is CC(C)Cn1cc(N)c(-c2ccc(F)c(Br)c2)n1. The molecule has 1 heterocycles.